The number of aliphatic hydroxyl groups excluding tert-OH is 1. The molecule has 0 aliphatic carbocycles. The van der Waals surface area contributed by atoms with Gasteiger partial charge in [-0.15, -0.1) is 0 Å². The fraction of sp³-hybridized carbons (Fsp3) is 0.571. The zero-order valence-electron chi connectivity index (χ0n) is 10.8. The maximum Gasteiger partial charge on any atom is 0.109 e. The summed E-state index contributed by atoms with van der Waals surface area (Å²) < 4.78 is 0. The van der Waals surface area contributed by atoms with E-state index in [-0.39, 0.29) is 5.92 Å². The standard InChI is InChI=1S/C14H22O2S/c1-4-17-10-14(16,11(2)3)13(15)12-8-6-5-7-9-12/h5-9,11,13,15-16H,4,10H2,1-3H3/t13-,14+/m1/s1. The van der Waals surface area contributed by atoms with E-state index in [0.717, 1.165) is 11.3 Å². The SMILES string of the molecule is CCSC[C@](O)(C(C)C)[C@H](O)c1ccccc1. The predicted octanol–water partition coefficient (Wildman–Crippen LogP) is 2.86. The molecule has 2 nitrogen and oxygen atoms in total. The number of thioether (sulfide) groups is 1. The average molecular weight is 254 g/mol. The second kappa shape index (κ2) is 6.43. The van der Waals surface area contributed by atoms with Crippen molar-refractivity contribution in [3.05, 3.63) is 35.9 Å². The summed E-state index contributed by atoms with van der Waals surface area (Å²) in [5.41, 5.74) is -0.289. The van der Waals surface area contributed by atoms with Gasteiger partial charge >= 0.3 is 0 Å². The van der Waals surface area contributed by atoms with Crippen LogP contribution in [0.25, 0.3) is 0 Å². The number of hydrogen-bond donors (Lipinski definition) is 2. The van der Waals surface area contributed by atoms with Gasteiger partial charge in [-0.25, -0.2) is 0 Å². The first-order valence-corrected chi connectivity index (χ1v) is 7.21. The monoisotopic (exact) mass is 254 g/mol. The van der Waals surface area contributed by atoms with Crippen LogP contribution in [0.15, 0.2) is 30.3 Å². The van der Waals surface area contributed by atoms with Gasteiger partial charge < -0.3 is 10.2 Å². The minimum Gasteiger partial charge on any atom is -0.386 e. The lowest BCUT2D eigenvalue weighted by Crippen LogP contribution is -2.44. The largest absolute Gasteiger partial charge is 0.386 e. The van der Waals surface area contributed by atoms with Crippen LogP contribution in [0.5, 0.6) is 0 Å². The Morgan fingerprint density at radius 2 is 1.82 bits per heavy atom. The summed E-state index contributed by atoms with van der Waals surface area (Å²) >= 11 is 1.66. The number of rotatable bonds is 6. The van der Waals surface area contributed by atoms with E-state index < -0.39 is 11.7 Å². The first kappa shape index (κ1) is 14.6. The maximum absolute atomic E-state index is 10.7. The normalized spacial score (nSPS) is 16.8. The molecule has 0 unspecified atom stereocenters. The molecule has 0 heterocycles. The Morgan fingerprint density at radius 3 is 2.29 bits per heavy atom. The molecule has 0 saturated heterocycles. The zero-order chi connectivity index (χ0) is 12.9. The summed E-state index contributed by atoms with van der Waals surface area (Å²) in [6.45, 7) is 5.95. The molecule has 0 radical (unpaired) electrons. The van der Waals surface area contributed by atoms with Gasteiger partial charge in [-0.1, -0.05) is 51.1 Å². The van der Waals surface area contributed by atoms with Crippen LogP contribution in [0, 0.1) is 5.92 Å². The first-order valence-electron chi connectivity index (χ1n) is 6.05. The molecule has 96 valence electrons. The summed E-state index contributed by atoms with van der Waals surface area (Å²) in [6.07, 6.45) is -0.831. The van der Waals surface area contributed by atoms with Crippen LogP contribution >= 0.6 is 11.8 Å². The van der Waals surface area contributed by atoms with Crippen molar-refractivity contribution >= 4 is 11.8 Å². The van der Waals surface area contributed by atoms with E-state index in [4.69, 9.17) is 0 Å². The van der Waals surface area contributed by atoms with Gasteiger partial charge in [0.1, 0.15) is 11.7 Å². The molecule has 2 N–H and O–H groups in total. The number of benzene rings is 1. The van der Waals surface area contributed by atoms with E-state index in [2.05, 4.69) is 6.92 Å². The maximum atomic E-state index is 10.7. The van der Waals surface area contributed by atoms with Crippen molar-refractivity contribution in [2.75, 3.05) is 11.5 Å². The van der Waals surface area contributed by atoms with E-state index in [1.54, 1.807) is 11.8 Å². The van der Waals surface area contributed by atoms with Crippen molar-refractivity contribution in [2.24, 2.45) is 5.92 Å². The third-order valence-electron chi connectivity index (χ3n) is 3.13. The molecule has 1 rings (SSSR count). The van der Waals surface area contributed by atoms with Gasteiger partial charge in [-0.2, -0.15) is 11.8 Å². The molecule has 3 heteroatoms. The fourth-order valence-electron chi connectivity index (χ4n) is 1.75. The highest BCUT2D eigenvalue weighted by molar-refractivity contribution is 7.99. The molecular formula is C14H22O2S. The van der Waals surface area contributed by atoms with Crippen molar-refractivity contribution in [1.29, 1.82) is 0 Å². The first-order chi connectivity index (χ1) is 8.02. The molecule has 0 amide bonds. The second-order valence-corrected chi connectivity index (χ2v) is 5.87. The van der Waals surface area contributed by atoms with Gasteiger partial charge in [0.05, 0.1) is 0 Å². The van der Waals surface area contributed by atoms with Gasteiger partial charge in [0.25, 0.3) is 0 Å². The third kappa shape index (κ3) is 3.47. The van der Waals surface area contributed by atoms with Gasteiger partial charge in [-0.05, 0) is 17.2 Å². The van der Waals surface area contributed by atoms with Crippen molar-refractivity contribution in [2.45, 2.75) is 32.5 Å². The Bertz CT molecular complexity index is 326. The van der Waals surface area contributed by atoms with E-state index >= 15 is 0 Å². The number of aliphatic hydroxyl groups is 2. The van der Waals surface area contributed by atoms with E-state index in [1.165, 1.54) is 0 Å². The van der Waals surface area contributed by atoms with Gasteiger partial charge in [0.2, 0.25) is 0 Å². The minimum atomic E-state index is -1.07. The molecule has 0 bridgehead atoms. The lowest BCUT2D eigenvalue weighted by Gasteiger charge is -2.36. The minimum absolute atomic E-state index is 0.0109. The van der Waals surface area contributed by atoms with Crippen molar-refractivity contribution in [3.63, 3.8) is 0 Å². The van der Waals surface area contributed by atoms with Gasteiger partial charge in [0.15, 0.2) is 0 Å². The molecule has 0 aromatic heterocycles. The number of hydrogen-bond acceptors (Lipinski definition) is 3. The molecule has 1 aromatic carbocycles. The lowest BCUT2D eigenvalue weighted by molar-refractivity contribution is -0.0903. The van der Waals surface area contributed by atoms with Crippen LogP contribution in [0.3, 0.4) is 0 Å². The Balaban J connectivity index is 2.91. The predicted molar refractivity (Wildman–Crippen MR) is 74.2 cm³/mol. The summed E-state index contributed by atoms with van der Waals surface area (Å²) in [6, 6.07) is 9.38. The molecule has 2 atom stereocenters. The van der Waals surface area contributed by atoms with Crippen LogP contribution in [-0.2, 0) is 0 Å². The third-order valence-corrected chi connectivity index (χ3v) is 4.20. The molecule has 0 aliphatic heterocycles. The molecule has 17 heavy (non-hydrogen) atoms. The zero-order valence-corrected chi connectivity index (χ0v) is 11.6. The highest BCUT2D eigenvalue weighted by atomic mass is 32.2. The quantitative estimate of drug-likeness (QED) is 0.820. The van der Waals surface area contributed by atoms with Crippen LogP contribution in [0.2, 0.25) is 0 Å². The molecule has 0 saturated carbocycles. The summed E-state index contributed by atoms with van der Waals surface area (Å²) in [5.74, 6) is 1.50. The van der Waals surface area contributed by atoms with E-state index in [0.29, 0.717) is 5.75 Å². The molecular weight excluding hydrogens is 232 g/mol. The van der Waals surface area contributed by atoms with Crippen molar-refractivity contribution in [1.82, 2.24) is 0 Å². The van der Waals surface area contributed by atoms with E-state index in [9.17, 15) is 10.2 Å². The van der Waals surface area contributed by atoms with Crippen LogP contribution in [-0.4, -0.2) is 27.3 Å². The second-order valence-electron chi connectivity index (χ2n) is 4.60. The highest BCUT2D eigenvalue weighted by Gasteiger charge is 2.39. The fourth-order valence-corrected chi connectivity index (χ4v) is 2.77. The average Bonchev–Trinajstić information content (AvgIpc) is 2.35. The Hall–Kier alpha value is -0.510. The molecule has 1 aromatic rings. The van der Waals surface area contributed by atoms with Gasteiger partial charge in [-0.3, -0.25) is 0 Å². The van der Waals surface area contributed by atoms with Crippen LogP contribution in [0.4, 0.5) is 0 Å². The summed E-state index contributed by atoms with van der Waals surface area (Å²) in [4.78, 5) is 0. The highest BCUT2D eigenvalue weighted by Crippen LogP contribution is 2.35. The Labute approximate surface area is 108 Å². The summed E-state index contributed by atoms with van der Waals surface area (Å²) in [5, 5.41) is 21.0. The van der Waals surface area contributed by atoms with E-state index in [1.807, 2.05) is 44.2 Å². The Morgan fingerprint density at radius 1 is 1.24 bits per heavy atom. The smallest absolute Gasteiger partial charge is 0.109 e. The molecule has 0 fully saturated rings. The molecule has 0 spiro atoms. The van der Waals surface area contributed by atoms with Crippen LogP contribution in [0.1, 0.15) is 32.4 Å². The van der Waals surface area contributed by atoms with Crippen molar-refractivity contribution in [3.8, 4) is 0 Å². The summed E-state index contributed by atoms with van der Waals surface area (Å²) in [7, 11) is 0. The topological polar surface area (TPSA) is 40.5 Å². The van der Waals surface area contributed by atoms with Gasteiger partial charge in [0, 0.05) is 5.75 Å². The Kier molecular flexibility index (Phi) is 5.50. The van der Waals surface area contributed by atoms with Crippen LogP contribution < -0.4 is 0 Å². The molecule has 0 aliphatic rings. The lowest BCUT2D eigenvalue weighted by atomic mass is 9.83. The van der Waals surface area contributed by atoms with Crippen molar-refractivity contribution < 1.29 is 10.2 Å².